The fourth-order valence-corrected chi connectivity index (χ4v) is 2.65. The predicted molar refractivity (Wildman–Crippen MR) is 80.3 cm³/mol. The number of fused-ring (bicyclic) bond motifs is 1. The number of aromatic nitrogens is 1. The summed E-state index contributed by atoms with van der Waals surface area (Å²) in [5.74, 6) is 0.794. The van der Waals surface area contributed by atoms with Crippen LogP contribution in [0, 0.1) is 0 Å². The van der Waals surface area contributed by atoms with Crippen LogP contribution in [0.4, 0.5) is 0 Å². The van der Waals surface area contributed by atoms with Gasteiger partial charge >= 0.3 is 0 Å². The lowest BCUT2D eigenvalue weighted by Gasteiger charge is -2.12. The molecule has 0 aliphatic rings. The molecule has 19 heavy (non-hydrogen) atoms. The average molecular weight is 292 g/mol. The molecule has 1 N–H and O–H groups in total. The van der Waals surface area contributed by atoms with Gasteiger partial charge in [-0.25, -0.2) is 0 Å². The molecule has 3 aromatic rings. The topological polar surface area (TPSA) is 25.0 Å². The quantitative estimate of drug-likeness (QED) is 0.694. The molecule has 0 aliphatic heterocycles. The first-order chi connectivity index (χ1) is 9.22. The molecule has 0 atom stereocenters. The summed E-state index contributed by atoms with van der Waals surface area (Å²) in [4.78, 5) is 3.16. The van der Waals surface area contributed by atoms with Crippen molar-refractivity contribution in [2.45, 2.75) is 0 Å². The maximum Gasteiger partial charge on any atom is 0.136 e. The molecule has 2 aromatic carbocycles. The highest BCUT2D eigenvalue weighted by molar-refractivity contribution is 6.43. The zero-order valence-corrected chi connectivity index (χ0v) is 11.7. The molecule has 0 unspecified atom stereocenters. The lowest BCUT2D eigenvalue weighted by molar-refractivity contribution is 0.421. The van der Waals surface area contributed by atoms with Crippen molar-refractivity contribution in [2.24, 2.45) is 0 Å². The van der Waals surface area contributed by atoms with Crippen LogP contribution in [-0.4, -0.2) is 12.1 Å². The number of halogens is 2. The number of hydrogen-bond acceptors (Lipinski definition) is 1. The van der Waals surface area contributed by atoms with Gasteiger partial charge in [-0.1, -0.05) is 35.3 Å². The third kappa shape index (κ3) is 1.97. The first-order valence-corrected chi connectivity index (χ1v) is 6.56. The number of H-pyrrole nitrogens is 1. The Hall–Kier alpha value is -1.64. The van der Waals surface area contributed by atoms with E-state index in [1.165, 1.54) is 0 Å². The molecular formula is C15H11Cl2NO. The maximum absolute atomic E-state index is 6.29. The molecule has 0 spiro atoms. The smallest absolute Gasteiger partial charge is 0.136 e. The summed E-state index contributed by atoms with van der Waals surface area (Å²) in [6.07, 6.45) is 1.89. The van der Waals surface area contributed by atoms with Crippen LogP contribution in [0.25, 0.3) is 22.0 Å². The van der Waals surface area contributed by atoms with Gasteiger partial charge in [0, 0.05) is 28.2 Å². The highest BCUT2D eigenvalue weighted by atomic mass is 35.5. The van der Waals surface area contributed by atoms with Gasteiger partial charge in [0.05, 0.1) is 17.2 Å². The van der Waals surface area contributed by atoms with E-state index in [0.29, 0.717) is 10.0 Å². The SMILES string of the molecule is COc1c(-c2cccc(Cl)c2Cl)ccc2[nH]ccc12. The van der Waals surface area contributed by atoms with Crippen molar-refractivity contribution in [1.29, 1.82) is 0 Å². The van der Waals surface area contributed by atoms with Crippen LogP contribution in [0.2, 0.25) is 10.0 Å². The monoisotopic (exact) mass is 291 g/mol. The van der Waals surface area contributed by atoms with Crippen molar-refractivity contribution < 1.29 is 4.74 Å². The summed E-state index contributed by atoms with van der Waals surface area (Å²) >= 11 is 12.4. The van der Waals surface area contributed by atoms with Crippen LogP contribution < -0.4 is 4.74 Å². The van der Waals surface area contributed by atoms with Gasteiger partial charge in [-0.3, -0.25) is 0 Å². The summed E-state index contributed by atoms with van der Waals surface area (Å²) in [6.45, 7) is 0. The van der Waals surface area contributed by atoms with Gasteiger partial charge in [-0.05, 0) is 24.3 Å². The zero-order valence-electron chi connectivity index (χ0n) is 10.2. The van der Waals surface area contributed by atoms with E-state index >= 15 is 0 Å². The Kier molecular flexibility index (Phi) is 3.13. The number of hydrogen-bond donors (Lipinski definition) is 1. The third-order valence-electron chi connectivity index (χ3n) is 3.13. The molecule has 0 saturated carbocycles. The maximum atomic E-state index is 6.29. The van der Waals surface area contributed by atoms with E-state index in [-0.39, 0.29) is 0 Å². The van der Waals surface area contributed by atoms with Crippen molar-refractivity contribution in [3.05, 3.63) is 52.6 Å². The summed E-state index contributed by atoms with van der Waals surface area (Å²) in [5, 5.41) is 2.10. The second-order valence-corrected chi connectivity index (χ2v) is 4.97. The van der Waals surface area contributed by atoms with E-state index in [0.717, 1.165) is 27.8 Å². The molecule has 0 radical (unpaired) electrons. The molecule has 0 saturated heterocycles. The number of methoxy groups -OCH3 is 1. The molecule has 1 heterocycles. The number of nitrogens with one attached hydrogen (secondary N) is 1. The average Bonchev–Trinajstić information content (AvgIpc) is 2.89. The summed E-state index contributed by atoms with van der Waals surface area (Å²) in [5.41, 5.74) is 2.83. The van der Waals surface area contributed by atoms with Crippen molar-refractivity contribution in [3.8, 4) is 16.9 Å². The van der Waals surface area contributed by atoms with Crippen LogP contribution in [0.1, 0.15) is 0 Å². The fraction of sp³-hybridized carbons (Fsp3) is 0.0667. The largest absolute Gasteiger partial charge is 0.495 e. The molecule has 0 amide bonds. The van der Waals surface area contributed by atoms with E-state index < -0.39 is 0 Å². The highest BCUT2D eigenvalue weighted by Gasteiger charge is 2.14. The van der Waals surface area contributed by atoms with Gasteiger partial charge in [0.1, 0.15) is 5.75 Å². The molecule has 3 rings (SSSR count). The van der Waals surface area contributed by atoms with Crippen molar-refractivity contribution in [1.82, 2.24) is 4.98 Å². The first-order valence-electron chi connectivity index (χ1n) is 5.81. The van der Waals surface area contributed by atoms with E-state index in [1.807, 2.05) is 36.5 Å². The fourth-order valence-electron chi connectivity index (χ4n) is 2.25. The Bertz CT molecular complexity index is 749. The zero-order chi connectivity index (χ0) is 13.4. The Labute approximate surface area is 120 Å². The molecule has 0 aliphatic carbocycles. The summed E-state index contributed by atoms with van der Waals surface area (Å²) in [6, 6.07) is 11.6. The Morgan fingerprint density at radius 1 is 1.00 bits per heavy atom. The van der Waals surface area contributed by atoms with Gasteiger partial charge in [0.25, 0.3) is 0 Å². The van der Waals surface area contributed by atoms with E-state index in [2.05, 4.69) is 4.98 Å². The number of rotatable bonds is 2. The van der Waals surface area contributed by atoms with Gasteiger partial charge in [0.15, 0.2) is 0 Å². The lowest BCUT2D eigenvalue weighted by Crippen LogP contribution is -1.90. The minimum atomic E-state index is 0.537. The molecule has 96 valence electrons. The molecule has 2 nitrogen and oxygen atoms in total. The van der Waals surface area contributed by atoms with Gasteiger partial charge in [-0.15, -0.1) is 0 Å². The summed E-state index contributed by atoms with van der Waals surface area (Å²) in [7, 11) is 1.66. The van der Waals surface area contributed by atoms with Gasteiger partial charge < -0.3 is 9.72 Å². The van der Waals surface area contributed by atoms with Crippen molar-refractivity contribution in [3.63, 3.8) is 0 Å². The van der Waals surface area contributed by atoms with Crippen LogP contribution in [0.15, 0.2) is 42.6 Å². The first kappa shape index (κ1) is 12.4. The Morgan fingerprint density at radius 2 is 1.84 bits per heavy atom. The number of benzene rings is 2. The van der Waals surface area contributed by atoms with Crippen LogP contribution in [0.5, 0.6) is 5.75 Å². The molecular weight excluding hydrogens is 281 g/mol. The number of aromatic amines is 1. The molecule has 0 bridgehead atoms. The standard InChI is InChI=1S/C15H11Cl2NO/c1-19-15-10(5-6-13-11(15)7-8-18-13)9-3-2-4-12(16)14(9)17/h2-8,18H,1H3. The highest BCUT2D eigenvalue weighted by Crippen LogP contribution is 2.41. The molecule has 0 fully saturated rings. The second-order valence-electron chi connectivity index (χ2n) is 4.19. The van der Waals surface area contributed by atoms with Crippen LogP contribution >= 0.6 is 23.2 Å². The van der Waals surface area contributed by atoms with Crippen molar-refractivity contribution in [2.75, 3.05) is 7.11 Å². The number of ether oxygens (including phenoxy) is 1. The van der Waals surface area contributed by atoms with Gasteiger partial charge in [-0.2, -0.15) is 0 Å². The van der Waals surface area contributed by atoms with Crippen LogP contribution in [-0.2, 0) is 0 Å². The van der Waals surface area contributed by atoms with E-state index in [4.69, 9.17) is 27.9 Å². The van der Waals surface area contributed by atoms with Crippen molar-refractivity contribution >= 4 is 34.1 Å². The third-order valence-corrected chi connectivity index (χ3v) is 3.95. The lowest BCUT2D eigenvalue weighted by atomic mass is 10.0. The minimum absolute atomic E-state index is 0.537. The summed E-state index contributed by atoms with van der Waals surface area (Å²) < 4.78 is 5.54. The van der Waals surface area contributed by atoms with Gasteiger partial charge in [0.2, 0.25) is 0 Å². The van der Waals surface area contributed by atoms with E-state index in [1.54, 1.807) is 13.2 Å². The molecule has 4 heteroatoms. The Balaban J connectivity index is 2.33. The van der Waals surface area contributed by atoms with E-state index in [9.17, 15) is 0 Å². The minimum Gasteiger partial charge on any atom is -0.495 e. The van der Waals surface area contributed by atoms with Crippen LogP contribution in [0.3, 0.4) is 0 Å². The predicted octanol–water partition coefficient (Wildman–Crippen LogP) is 5.15. The Morgan fingerprint density at radius 3 is 2.63 bits per heavy atom. The normalized spacial score (nSPS) is 10.9. The molecule has 1 aromatic heterocycles. The second kappa shape index (κ2) is 4.80.